The largest absolute Gasteiger partial charge is 0.376 e. The van der Waals surface area contributed by atoms with E-state index in [1.165, 1.54) is 0 Å². The quantitative estimate of drug-likeness (QED) is 0.728. The summed E-state index contributed by atoms with van der Waals surface area (Å²) in [6.45, 7) is 0.755. The first kappa shape index (κ1) is 14.2. The summed E-state index contributed by atoms with van der Waals surface area (Å²) in [6.07, 6.45) is 2.63. The van der Waals surface area contributed by atoms with Gasteiger partial charge in [0.1, 0.15) is 5.37 Å². The van der Waals surface area contributed by atoms with Crippen molar-refractivity contribution >= 4 is 32.9 Å². The number of nitrogens with two attached hydrogens (primary N) is 1. The third kappa shape index (κ3) is 3.43. The van der Waals surface area contributed by atoms with Crippen molar-refractivity contribution in [2.24, 2.45) is 5.73 Å². The second kappa shape index (κ2) is 5.85. The number of benzene rings is 1. The number of hydrogen-bond acceptors (Lipinski definition) is 4. The van der Waals surface area contributed by atoms with Gasteiger partial charge in [0.2, 0.25) is 0 Å². The fourth-order valence-electron chi connectivity index (χ4n) is 2.12. The highest BCUT2D eigenvalue weighted by atomic mass is 32.2. The fourth-order valence-corrected chi connectivity index (χ4v) is 3.90. The van der Waals surface area contributed by atoms with E-state index in [0.717, 1.165) is 19.4 Å². The van der Waals surface area contributed by atoms with Crippen LogP contribution in [0, 0.1) is 0 Å². The van der Waals surface area contributed by atoms with Crippen LogP contribution in [0.15, 0.2) is 29.2 Å². The molecule has 4 N–H and O–H groups in total. The van der Waals surface area contributed by atoms with E-state index in [4.69, 9.17) is 18.0 Å². The van der Waals surface area contributed by atoms with Gasteiger partial charge < -0.3 is 16.4 Å². The third-order valence-electron chi connectivity index (χ3n) is 3.09. The average molecular weight is 299 g/mol. The lowest BCUT2D eigenvalue weighted by Crippen LogP contribution is -2.40. The Morgan fingerprint density at radius 1 is 1.32 bits per heavy atom. The zero-order chi connectivity index (χ0) is 13.9. The monoisotopic (exact) mass is 299 g/mol. The van der Waals surface area contributed by atoms with Crippen molar-refractivity contribution in [2.45, 2.75) is 29.5 Å². The SMILES string of the molecule is NC(=S)Nc1ccc(S(=O)(=O)C2CCCCN2)cc1. The van der Waals surface area contributed by atoms with Crippen LogP contribution in [-0.2, 0) is 9.84 Å². The van der Waals surface area contributed by atoms with E-state index in [1.54, 1.807) is 24.3 Å². The standard InChI is InChI=1S/C12H17N3O2S2/c13-12(18)15-9-4-6-10(7-5-9)19(16,17)11-3-1-2-8-14-11/h4-7,11,14H,1-3,8H2,(H3,13,15,18). The molecule has 2 rings (SSSR count). The Bertz CT molecular complexity index is 549. The first-order valence-corrected chi connectivity index (χ1v) is 8.09. The first-order chi connectivity index (χ1) is 9.00. The predicted molar refractivity (Wildman–Crippen MR) is 79.7 cm³/mol. The van der Waals surface area contributed by atoms with Crippen molar-refractivity contribution in [1.29, 1.82) is 0 Å². The molecule has 19 heavy (non-hydrogen) atoms. The van der Waals surface area contributed by atoms with E-state index in [1.807, 2.05) is 0 Å². The van der Waals surface area contributed by atoms with Crippen molar-refractivity contribution in [3.8, 4) is 0 Å². The predicted octanol–water partition coefficient (Wildman–Crippen LogP) is 1.22. The molecule has 0 aliphatic carbocycles. The maximum Gasteiger partial charge on any atom is 0.194 e. The molecular formula is C12H17N3O2S2. The van der Waals surface area contributed by atoms with Crippen LogP contribution in [0.25, 0.3) is 0 Å². The van der Waals surface area contributed by atoms with Gasteiger partial charge in [-0.3, -0.25) is 0 Å². The van der Waals surface area contributed by atoms with Crippen molar-refractivity contribution < 1.29 is 8.42 Å². The Labute approximate surface area is 118 Å². The zero-order valence-corrected chi connectivity index (χ0v) is 12.1. The van der Waals surface area contributed by atoms with Crippen molar-refractivity contribution in [1.82, 2.24) is 5.32 Å². The van der Waals surface area contributed by atoms with Crippen LogP contribution in [-0.4, -0.2) is 25.4 Å². The number of hydrogen-bond donors (Lipinski definition) is 3. The number of thiocarbonyl (C=S) groups is 1. The molecule has 1 aromatic rings. The molecule has 1 fully saturated rings. The van der Waals surface area contributed by atoms with Crippen molar-refractivity contribution in [3.63, 3.8) is 0 Å². The lowest BCUT2D eigenvalue weighted by Gasteiger charge is -2.23. The van der Waals surface area contributed by atoms with E-state index in [2.05, 4.69) is 10.6 Å². The molecule has 1 atom stereocenters. The molecule has 1 unspecified atom stereocenters. The van der Waals surface area contributed by atoms with Gasteiger partial charge in [-0.2, -0.15) is 0 Å². The van der Waals surface area contributed by atoms with Crippen molar-refractivity contribution in [2.75, 3.05) is 11.9 Å². The molecule has 0 spiro atoms. The molecule has 1 heterocycles. The van der Waals surface area contributed by atoms with Crippen LogP contribution >= 0.6 is 12.2 Å². The van der Waals surface area contributed by atoms with Gasteiger partial charge in [0.05, 0.1) is 4.90 Å². The van der Waals surface area contributed by atoms with Gasteiger partial charge in [-0.15, -0.1) is 0 Å². The Kier molecular flexibility index (Phi) is 4.38. The van der Waals surface area contributed by atoms with Gasteiger partial charge in [-0.05, 0) is 62.3 Å². The summed E-state index contributed by atoms with van der Waals surface area (Å²) in [4.78, 5) is 0.320. The molecule has 0 aromatic heterocycles. The number of rotatable bonds is 3. The molecule has 0 amide bonds. The van der Waals surface area contributed by atoms with Crippen LogP contribution < -0.4 is 16.4 Å². The Morgan fingerprint density at radius 2 is 2.00 bits per heavy atom. The van der Waals surface area contributed by atoms with Gasteiger partial charge in [0, 0.05) is 5.69 Å². The number of sulfone groups is 1. The summed E-state index contributed by atoms with van der Waals surface area (Å²) < 4.78 is 24.8. The molecule has 1 saturated heterocycles. The van der Waals surface area contributed by atoms with E-state index in [0.29, 0.717) is 17.0 Å². The molecule has 104 valence electrons. The summed E-state index contributed by atoms with van der Waals surface area (Å²) >= 11 is 4.72. The second-order valence-corrected chi connectivity index (χ2v) is 7.07. The summed E-state index contributed by atoms with van der Waals surface area (Å²) in [5, 5.41) is 5.50. The number of nitrogens with one attached hydrogen (secondary N) is 2. The molecule has 1 aliphatic heterocycles. The summed E-state index contributed by atoms with van der Waals surface area (Å²) in [6, 6.07) is 6.47. The van der Waals surface area contributed by atoms with Gasteiger partial charge in [0.25, 0.3) is 0 Å². The molecule has 7 heteroatoms. The Morgan fingerprint density at radius 3 is 2.53 bits per heavy atom. The highest BCUT2D eigenvalue weighted by Gasteiger charge is 2.28. The molecule has 1 aliphatic rings. The normalized spacial score (nSPS) is 19.9. The highest BCUT2D eigenvalue weighted by Crippen LogP contribution is 2.22. The molecular weight excluding hydrogens is 282 g/mol. The molecule has 0 radical (unpaired) electrons. The first-order valence-electron chi connectivity index (χ1n) is 6.14. The lowest BCUT2D eigenvalue weighted by molar-refractivity contribution is 0.461. The summed E-state index contributed by atoms with van der Waals surface area (Å²) in [5.74, 6) is 0. The lowest BCUT2D eigenvalue weighted by atomic mass is 10.2. The maximum atomic E-state index is 12.4. The zero-order valence-electron chi connectivity index (χ0n) is 10.4. The fraction of sp³-hybridized carbons (Fsp3) is 0.417. The van der Waals surface area contributed by atoms with Gasteiger partial charge >= 0.3 is 0 Å². The van der Waals surface area contributed by atoms with E-state index in [-0.39, 0.29) is 5.11 Å². The van der Waals surface area contributed by atoms with E-state index < -0.39 is 15.2 Å². The van der Waals surface area contributed by atoms with Gasteiger partial charge in [0.15, 0.2) is 14.9 Å². The van der Waals surface area contributed by atoms with Crippen LogP contribution in [0.1, 0.15) is 19.3 Å². The highest BCUT2D eigenvalue weighted by molar-refractivity contribution is 7.92. The minimum atomic E-state index is -3.31. The molecule has 0 saturated carbocycles. The topological polar surface area (TPSA) is 84.2 Å². The summed E-state index contributed by atoms with van der Waals surface area (Å²) in [7, 11) is -3.31. The Hall–Kier alpha value is -1.18. The second-order valence-electron chi connectivity index (χ2n) is 4.50. The summed E-state index contributed by atoms with van der Waals surface area (Å²) in [5.41, 5.74) is 6.04. The number of anilines is 1. The minimum absolute atomic E-state index is 0.157. The van der Waals surface area contributed by atoms with Crippen LogP contribution in [0.5, 0.6) is 0 Å². The molecule has 0 bridgehead atoms. The molecule has 1 aromatic carbocycles. The van der Waals surface area contributed by atoms with E-state index >= 15 is 0 Å². The van der Waals surface area contributed by atoms with Gasteiger partial charge in [-0.25, -0.2) is 8.42 Å². The Balaban J connectivity index is 2.18. The number of piperidine rings is 1. The van der Waals surface area contributed by atoms with Crippen LogP contribution in [0.2, 0.25) is 0 Å². The van der Waals surface area contributed by atoms with Crippen LogP contribution in [0.3, 0.4) is 0 Å². The van der Waals surface area contributed by atoms with Crippen molar-refractivity contribution in [3.05, 3.63) is 24.3 Å². The van der Waals surface area contributed by atoms with Gasteiger partial charge in [-0.1, -0.05) is 0 Å². The maximum absolute atomic E-state index is 12.4. The average Bonchev–Trinajstić information content (AvgIpc) is 2.40. The molecule has 5 nitrogen and oxygen atoms in total. The third-order valence-corrected chi connectivity index (χ3v) is 5.27. The minimum Gasteiger partial charge on any atom is -0.376 e. The smallest absolute Gasteiger partial charge is 0.194 e. The van der Waals surface area contributed by atoms with E-state index in [9.17, 15) is 8.42 Å². The van der Waals surface area contributed by atoms with Crippen LogP contribution in [0.4, 0.5) is 5.69 Å².